The molecule has 0 unspecified atom stereocenters. The zero-order chi connectivity index (χ0) is 84.9. The van der Waals surface area contributed by atoms with Crippen molar-refractivity contribution in [2.45, 2.75) is 203 Å². The molecular weight excluding hydrogens is 1610 g/mol. The summed E-state index contributed by atoms with van der Waals surface area (Å²) in [7, 11) is 0. The van der Waals surface area contributed by atoms with E-state index in [1.807, 2.05) is 36.4 Å². The van der Waals surface area contributed by atoms with Gasteiger partial charge in [-0.05, 0) is 67.6 Å². The SMILES string of the molecule is [N-]=[N+]=NC[C@H]1O[C@@H]2O[C@H]3[C@H](O)[C@@H](O)[C@@H](O[C@H]4[C@H](O)[C@@H](O)[C@@H](O[C@H]5[C@H](O)[C@@H](OCCCSCCNC(=O)CCOCCOCCOCCOCCNC(=O)OCC6c7ccccc7-c7ccccc76)[C@@H](O[C@H]6[C@H](O)[C@@H](O)[C@@H](O[C@H]7[C@H](O)[C@@H](O)[C@@H](O[C@H]1[C@H](O)[C@H]2O)O[C@@H]7CN=[N+]=[N-])O[C@@H]6CN=[N+]=[N-])O[C@@H]5CN=[N+]=[N-])O[C@@H]4CN=[N+]=[N-])O[C@@H]3CN=[N+]=[N-]. The summed E-state index contributed by atoms with van der Waals surface area (Å²) in [6, 6.07) is 16.2. The minimum Gasteiger partial charge on any atom is -0.449 e. The maximum atomic E-state index is 12.7. The number of hydrogen-bond donors (Lipinski definition) is 13. The maximum absolute atomic E-state index is 12.7. The number of ether oxygens (including phenoxy) is 18. The van der Waals surface area contributed by atoms with Gasteiger partial charge < -0.3 is 152 Å². The van der Waals surface area contributed by atoms with Gasteiger partial charge in [0.15, 0.2) is 37.7 Å². The summed E-state index contributed by atoms with van der Waals surface area (Å²) < 4.78 is 107. The summed E-state index contributed by atoms with van der Waals surface area (Å²) in [4.78, 5) is 41.6. The van der Waals surface area contributed by atoms with Crippen LogP contribution in [0.1, 0.15) is 29.9 Å². The predicted molar refractivity (Wildman–Crippen MR) is 397 cm³/mol. The van der Waals surface area contributed by atoms with Gasteiger partial charge in [-0.25, -0.2) is 4.79 Å². The lowest BCUT2D eigenvalue weighted by Gasteiger charge is -2.51. The number of carbonyl (C=O) groups excluding carboxylic acids is 2. The van der Waals surface area contributed by atoms with Crippen LogP contribution in [-0.4, -0.2) is 382 Å². The first kappa shape index (κ1) is 93.5. The van der Waals surface area contributed by atoms with Crippen molar-refractivity contribution in [3.63, 3.8) is 0 Å². The van der Waals surface area contributed by atoms with E-state index >= 15 is 0 Å². The second-order valence-corrected chi connectivity index (χ2v) is 29.1. The van der Waals surface area contributed by atoms with Crippen LogP contribution in [0.15, 0.2) is 79.2 Å². The predicted octanol–water partition coefficient (Wildman–Crippen LogP) is -0.888. The highest BCUT2D eigenvalue weighted by Crippen LogP contribution is 2.45. The fraction of sp³-hybridized carbons (Fsp3) is 0.791. The number of benzene rings is 2. The van der Waals surface area contributed by atoms with Gasteiger partial charge in [0, 0.05) is 67.3 Å². The Balaban J connectivity index is 0.749. The van der Waals surface area contributed by atoms with Crippen LogP contribution in [0.5, 0.6) is 0 Å². The van der Waals surface area contributed by atoms with Crippen LogP contribution in [0.2, 0.25) is 0 Å². The number of rotatable bonds is 37. The van der Waals surface area contributed by atoms with Crippen molar-refractivity contribution in [2.75, 3.05) is 130 Å². The highest BCUT2D eigenvalue weighted by atomic mass is 32.2. The van der Waals surface area contributed by atoms with Crippen LogP contribution in [0, 0.1) is 0 Å². The smallest absolute Gasteiger partial charge is 0.407 e. The number of alkyl carbamates (subject to hydrolysis) is 1. The van der Waals surface area contributed by atoms with E-state index in [2.05, 4.69) is 82.9 Å². The Labute approximate surface area is 680 Å². The molecule has 0 spiro atoms. The molecule has 656 valence electrons. The fourth-order valence-electron chi connectivity index (χ4n) is 14.4. The normalized spacial score (nSPS) is 35.6. The average Bonchev–Trinajstić information content (AvgIpc) is 1.52. The molecule has 2 aromatic carbocycles. The number of carbonyl (C=O) groups is 2. The summed E-state index contributed by atoms with van der Waals surface area (Å²) in [5.41, 5.74) is 61.5. The molecule has 22 aliphatic heterocycles. The van der Waals surface area contributed by atoms with Crippen molar-refractivity contribution in [1.29, 1.82) is 0 Å². The van der Waals surface area contributed by atoms with E-state index in [1.165, 1.54) is 11.8 Å². The van der Waals surface area contributed by atoms with E-state index < -0.39 is 230 Å². The van der Waals surface area contributed by atoms with Gasteiger partial charge in [0.25, 0.3) is 0 Å². The Morgan fingerprint density at radius 3 is 1.05 bits per heavy atom. The topological polar surface area (TPSA) is 739 Å². The molecule has 22 heterocycles. The van der Waals surface area contributed by atoms with E-state index in [0.29, 0.717) is 31.3 Å². The van der Waals surface area contributed by atoms with Crippen molar-refractivity contribution in [2.24, 2.45) is 30.7 Å². The lowest BCUT2D eigenvalue weighted by molar-refractivity contribution is -0.399. The molecule has 0 radical (unpaired) electrons. The van der Waals surface area contributed by atoms with Gasteiger partial charge >= 0.3 is 6.09 Å². The van der Waals surface area contributed by atoms with E-state index in [0.717, 1.165) is 22.3 Å². The van der Waals surface area contributed by atoms with Crippen LogP contribution >= 0.6 is 11.8 Å². The molecule has 51 nitrogen and oxygen atoms in total. The molecule has 30 atom stereocenters. The molecule has 13 N–H and O–H groups in total. The molecule has 25 rings (SSSR count). The Morgan fingerprint density at radius 1 is 0.370 bits per heavy atom. The van der Waals surface area contributed by atoms with Gasteiger partial charge in [0.2, 0.25) is 5.91 Å². The number of aliphatic hydroxyl groups is 11. The van der Waals surface area contributed by atoms with Crippen molar-refractivity contribution in [3.05, 3.63) is 122 Å². The number of azide groups is 6. The van der Waals surface area contributed by atoms with E-state index in [4.69, 9.17) is 85.3 Å². The number of nitrogens with zero attached hydrogens (tertiary/aromatic N) is 18. The first-order chi connectivity index (χ1) is 57.7. The zero-order valence-corrected chi connectivity index (χ0v) is 64.4. The molecule has 52 heteroatoms. The van der Waals surface area contributed by atoms with Crippen LogP contribution in [0.3, 0.4) is 0 Å². The highest BCUT2D eigenvalue weighted by molar-refractivity contribution is 7.99. The number of aliphatic hydroxyl groups excluding tert-OH is 11. The first-order valence-corrected chi connectivity index (χ1v) is 39.2. The summed E-state index contributed by atoms with van der Waals surface area (Å²) in [6.07, 6.45) is -61.0. The van der Waals surface area contributed by atoms with Gasteiger partial charge in [0.05, 0.1) is 129 Å². The van der Waals surface area contributed by atoms with Gasteiger partial charge in [0.1, 0.15) is 116 Å². The molecule has 23 aliphatic rings. The standard InChI is InChI=1S/C67H96N20O31S/c68-82-76-24-36-54-43(89)48(94)61(107-36)113-55-37(25-77-83-69)108-63(49(95)44(55)90)115-57-39(27-79-85-71)110-65(51(97)46(57)92)117-59-41(29-81-87-73)112-66(118-58-40(28-80-86-72)111-64(52(98)47(58)93)116-56-38(26-78-84-70)109-62(114-54)50(96)45(56)91)60(53(59)99)105-13-5-22-119-23-12-74-42(88)10-14-101-16-18-103-20-21-104-19-17-102-15-11-75-67(100)106-30-35-33-8-3-1-6-31(33)32-7-2-4-9-34(32)35/h1-4,6-9,35-41,43-66,89-99H,5,10-30H2,(H,74,88)(H,75,100)/t36-,37-,38-,39-,40-,41-,43-,44-,45-,46-,47-,48-,49-,50-,51-,52-,53+,54-,55-,56-,57-,58-,59-,60-,61-,62-,63-,64-,65-,66-/m1/s1. The number of amides is 2. The number of nitrogens with one attached hydrogen (secondary N) is 2. The fourth-order valence-corrected chi connectivity index (χ4v) is 15.2. The average molecular weight is 1710 g/mol. The van der Waals surface area contributed by atoms with Crippen LogP contribution in [0.4, 0.5) is 4.79 Å². The van der Waals surface area contributed by atoms with Crippen molar-refractivity contribution < 1.29 is 151 Å². The Kier molecular flexibility index (Phi) is 37.4. The van der Waals surface area contributed by atoms with Crippen LogP contribution in [-0.2, 0) is 90.1 Å². The van der Waals surface area contributed by atoms with Crippen LogP contribution < -0.4 is 10.6 Å². The Hall–Kier alpha value is -7.73. The molecule has 12 bridgehead atoms. The maximum Gasteiger partial charge on any atom is 0.407 e. The van der Waals surface area contributed by atoms with E-state index in [1.54, 1.807) is 0 Å². The number of fused-ring (bicyclic) bond motifs is 3. The van der Waals surface area contributed by atoms with Crippen molar-refractivity contribution >= 4 is 23.8 Å². The molecule has 22 fully saturated rings. The summed E-state index contributed by atoms with van der Waals surface area (Å²) in [5.74, 6) is 0.423. The Bertz CT molecular complexity index is 3810. The minimum absolute atomic E-state index is 0.0474. The zero-order valence-electron chi connectivity index (χ0n) is 63.6. The van der Waals surface area contributed by atoms with E-state index in [-0.39, 0.29) is 84.0 Å². The number of thioether (sulfide) groups is 1. The largest absolute Gasteiger partial charge is 0.449 e. The lowest BCUT2D eigenvalue weighted by Crippen LogP contribution is -2.69. The molecule has 119 heavy (non-hydrogen) atoms. The molecular formula is C67H96N20O31S. The molecule has 22 saturated heterocycles. The van der Waals surface area contributed by atoms with Crippen molar-refractivity contribution in [3.8, 4) is 11.1 Å². The molecule has 0 aromatic heterocycles. The summed E-state index contributed by atoms with van der Waals surface area (Å²) >= 11 is 1.39. The van der Waals surface area contributed by atoms with Gasteiger partial charge in [-0.1, -0.05) is 79.2 Å². The quantitative estimate of drug-likeness (QED) is 0.0169. The lowest BCUT2D eigenvalue weighted by atomic mass is 9.94. The van der Waals surface area contributed by atoms with Crippen molar-refractivity contribution in [1.82, 2.24) is 10.6 Å². The molecule has 2 amide bonds. The summed E-state index contributed by atoms with van der Waals surface area (Å²) in [5, 5.41) is 157. The van der Waals surface area contributed by atoms with Gasteiger partial charge in [-0.15, -0.1) is 0 Å². The number of hydrogen-bond acceptors (Lipinski definition) is 38. The van der Waals surface area contributed by atoms with E-state index in [9.17, 15) is 98.9 Å². The van der Waals surface area contributed by atoms with Gasteiger partial charge in [-0.2, -0.15) is 11.8 Å². The first-order valence-electron chi connectivity index (χ1n) is 38.0. The third-order valence-electron chi connectivity index (χ3n) is 20.3. The summed E-state index contributed by atoms with van der Waals surface area (Å²) in [6.45, 7) is -2.14. The molecule has 1 aliphatic carbocycles. The van der Waals surface area contributed by atoms with Crippen LogP contribution in [0.25, 0.3) is 73.8 Å². The molecule has 2 aromatic rings. The minimum atomic E-state index is -2.27. The third kappa shape index (κ3) is 24.8. The Morgan fingerprint density at radius 2 is 0.689 bits per heavy atom. The monoisotopic (exact) mass is 1710 g/mol. The van der Waals surface area contributed by atoms with Gasteiger partial charge in [-0.3, -0.25) is 4.79 Å². The second kappa shape index (κ2) is 47.6. The molecule has 0 saturated carbocycles. The second-order valence-electron chi connectivity index (χ2n) is 27.8. The third-order valence-corrected chi connectivity index (χ3v) is 21.3. The highest BCUT2D eigenvalue weighted by Gasteiger charge is 2.59.